The van der Waals surface area contributed by atoms with Crippen molar-refractivity contribution in [2.45, 2.75) is 18.4 Å². The topological polar surface area (TPSA) is 9.23 Å². The van der Waals surface area contributed by atoms with Crippen molar-refractivity contribution in [3.63, 3.8) is 0 Å². The van der Waals surface area contributed by atoms with Gasteiger partial charge in [0.2, 0.25) is 0 Å². The lowest BCUT2D eigenvalue weighted by Gasteiger charge is -2.39. The highest BCUT2D eigenvalue weighted by atomic mass is 16.5. The molecule has 0 unspecified atom stereocenters. The van der Waals surface area contributed by atoms with Gasteiger partial charge in [-0.15, -0.1) is 0 Å². The molecule has 1 heteroatoms. The average Bonchev–Trinajstić information content (AvgIpc) is 2.63. The van der Waals surface area contributed by atoms with Crippen LogP contribution < -0.4 is 4.74 Å². The summed E-state index contributed by atoms with van der Waals surface area (Å²) in [6.07, 6.45) is 1.98. The van der Waals surface area contributed by atoms with Gasteiger partial charge in [-0.25, -0.2) is 0 Å². The number of rotatable bonds is 2. The van der Waals surface area contributed by atoms with Crippen molar-refractivity contribution in [3.8, 4) is 5.75 Å². The Kier molecular flexibility index (Phi) is 3.19. The number of benzene rings is 3. The van der Waals surface area contributed by atoms with Crippen molar-refractivity contribution in [1.82, 2.24) is 0 Å². The minimum Gasteiger partial charge on any atom is -0.478 e. The van der Waals surface area contributed by atoms with Crippen LogP contribution in [0.15, 0.2) is 84.9 Å². The molecular weight excluding hydrogens is 268 g/mol. The summed E-state index contributed by atoms with van der Waals surface area (Å²) in [5.41, 5.74) is 3.34. The first kappa shape index (κ1) is 13.1. The van der Waals surface area contributed by atoms with E-state index in [0.29, 0.717) is 0 Å². The molecule has 1 aliphatic heterocycles. The number of aryl methyl sites for hydroxylation is 1. The normalized spacial score (nSPS) is 15.6. The molecule has 108 valence electrons. The van der Waals surface area contributed by atoms with Crippen LogP contribution in [0.3, 0.4) is 0 Å². The molecule has 0 saturated heterocycles. The molecule has 22 heavy (non-hydrogen) atoms. The highest BCUT2D eigenvalue weighted by molar-refractivity contribution is 5.44. The molecule has 0 amide bonds. The van der Waals surface area contributed by atoms with Crippen molar-refractivity contribution in [3.05, 3.63) is 102 Å². The lowest BCUT2D eigenvalue weighted by Crippen LogP contribution is -2.38. The van der Waals surface area contributed by atoms with Gasteiger partial charge in [0, 0.05) is 0 Å². The highest BCUT2D eigenvalue weighted by Crippen LogP contribution is 2.43. The molecular formula is C21H18O. The van der Waals surface area contributed by atoms with E-state index >= 15 is 0 Å². The minimum absolute atomic E-state index is 0.392. The number of ether oxygens (including phenoxy) is 1. The predicted octanol–water partition coefficient (Wildman–Crippen LogP) is 4.96. The van der Waals surface area contributed by atoms with Crippen molar-refractivity contribution < 1.29 is 4.74 Å². The van der Waals surface area contributed by atoms with Crippen molar-refractivity contribution in [2.75, 3.05) is 0 Å². The predicted molar refractivity (Wildman–Crippen MR) is 89.1 cm³/mol. The third-order valence-electron chi connectivity index (χ3n) is 4.48. The van der Waals surface area contributed by atoms with Crippen LogP contribution in [0.1, 0.15) is 23.1 Å². The van der Waals surface area contributed by atoms with Gasteiger partial charge in [-0.3, -0.25) is 0 Å². The standard InChI is InChI=1S/C21H18O/c1-3-10-18(11-4-1)21(19-12-5-2-6-13-19)16-15-17-9-7-8-14-20(17)22-21/h1-14H,15-16H2. The molecule has 0 atom stereocenters. The molecule has 1 aliphatic rings. The van der Waals surface area contributed by atoms with Crippen LogP contribution in [-0.2, 0) is 12.0 Å². The second kappa shape index (κ2) is 5.34. The van der Waals surface area contributed by atoms with E-state index in [9.17, 15) is 0 Å². The third-order valence-corrected chi connectivity index (χ3v) is 4.48. The highest BCUT2D eigenvalue weighted by Gasteiger charge is 2.39. The van der Waals surface area contributed by atoms with Gasteiger partial charge in [0.15, 0.2) is 5.60 Å². The lowest BCUT2D eigenvalue weighted by atomic mass is 9.79. The fourth-order valence-corrected chi connectivity index (χ4v) is 3.35. The SMILES string of the molecule is c1ccc(C2(c3ccccc3)CCc3ccccc3O2)cc1. The Bertz CT molecular complexity index is 723. The molecule has 3 aromatic carbocycles. The van der Waals surface area contributed by atoms with E-state index < -0.39 is 5.60 Å². The molecule has 0 saturated carbocycles. The first-order chi connectivity index (χ1) is 10.9. The van der Waals surface area contributed by atoms with Gasteiger partial charge < -0.3 is 4.74 Å². The van der Waals surface area contributed by atoms with Gasteiger partial charge in [0.25, 0.3) is 0 Å². The van der Waals surface area contributed by atoms with Crippen molar-refractivity contribution in [1.29, 1.82) is 0 Å². The Balaban J connectivity index is 1.89. The van der Waals surface area contributed by atoms with Crippen LogP contribution in [0.4, 0.5) is 0 Å². The maximum atomic E-state index is 6.59. The van der Waals surface area contributed by atoms with Gasteiger partial charge in [0.05, 0.1) is 0 Å². The van der Waals surface area contributed by atoms with Crippen molar-refractivity contribution in [2.24, 2.45) is 0 Å². The fraction of sp³-hybridized carbons (Fsp3) is 0.143. The summed E-state index contributed by atoms with van der Waals surface area (Å²) in [5, 5.41) is 0. The molecule has 0 bridgehead atoms. The third kappa shape index (κ3) is 2.10. The lowest BCUT2D eigenvalue weighted by molar-refractivity contribution is 0.0850. The molecule has 0 N–H and O–H groups in total. The molecule has 0 aliphatic carbocycles. The number of hydrogen-bond acceptors (Lipinski definition) is 1. The number of fused-ring (bicyclic) bond motifs is 1. The smallest absolute Gasteiger partial charge is 0.159 e. The molecule has 0 aromatic heterocycles. The Morgan fingerprint density at radius 2 is 1.18 bits per heavy atom. The van der Waals surface area contributed by atoms with Gasteiger partial charge in [-0.2, -0.15) is 0 Å². The Morgan fingerprint density at radius 1 is 0.636 bits per heavy atom. The summed E-state index contributed by atoms with van der Waals surface area (Å²) in [4.78, 5) is 0. The van der Waals surface area contributed by atoms with E-state index in [-0.39, 0.29) is 0 Å². The zero-order valence-electron chi connectivity index (χ0n) is 12.4. The second-order valence-electron chi connectivity index (χ2n) is 5.77. The van der Waals surface area contributed by atoms with Gasteiger partial charge >= 0.3 is 0 Å². The summed E-state index contributed by atoms with van der Waals surface area (Å²) >= 11 is 0. The maximum absolute atomic E-state index is 6.59. The van der Waals surface area contributed by atoms with Crippen molar-refractivity contribution >= 4 is 0 Å². The molecule has 0 fully saturated rings. The van der Waals surface area contributed by atoms with Gasteiger partial charge in [-0.05, 0) is 35.6 Å². The number of para-hydroxylation sites is 1. The second-order valence-corrected chi connectivity index (χ2v) is 5.77. The zero-order chi connectivity index (χ0) is 14.8. The minimum atomic E-state index is -0.392. The number of hydrogen-bond donors (Lipinski definition) is 0. The largest absolute Gasteiger partial charge is 0.478 e. The molecule has 4 rings (SSSR count). The molecule has 1 heterocycles. The molecule has 3 aromatic rings. The summed E-state index contributed by atoms with van der Waals surface area (Å²) in [7, 11) is 0. The Labute approximate surface area is 131 Å². The van der Waals surface area contributed by atoms with Crippen LogP contribution >= 0.6 is 0 Å². The molecule has 0 spiro atoms. The average molecular weight is 286 g/mol. The van der Waals surface area contributed by atoms with Gasteiger partial charge in [-0.1, -0.05) is 78.9 Å². The van der Waals surface area contributed by atoms with Crippen LogP contribution in [0.5, 0.6) is 5.75 Å². The monoisotopic (exact) mass is 286 g/mol. The van der Waals surface area contributed by atoms with Crippen LogP contribution in [0.2, 0.25) is 0 Å². The Morgan fingerprint density at radius 3 is 1.82 bits per heavy atom. The fourth-order valence-electron chi connectivity index (χ4n) is 3.35. The first-order valence-corrected chi connectivity index (χ1v) is 7.76. The zero-order valence-corrected chi connectivity index (χ0v) is 12.4. The van der Waals surface area contributed by atoms with Crippen LogP contribution in [0.25, 0.3) is 0 Å². The molecule has 1 nitrogen and oxygen atoms in total. The van der Waals surface area contributed by atoms with E-state index in [4.69, 9.17) is 4.74 Å². The van der Waals surface area contributed by atoms with Gasteiger partial charge in [0.1, 0.15) is 5.75 Å². The molecule has 0 radical (unpaired) electrons. The summed E-state index contributed by atoms with van der Waals surface area (Å²) in [6, 6.07) is 29.5. The summed E-state index contributed by atoms with van der Waals surface area (Å²) in [6.45, 7) is 0. The first-order valence-electron chi connectivity index (χ1n) is 7.76. The van der Waals surface area contributed by atoms with E-state index in [1.165, 1.54) is 16.7 Å². The van der Waals surface area contributed by atoms with E-state index in [1.807, 2.05) is 6.07 Å². The summed E-state index contributed by atoms with van der Waals surface area (Å²) < 4.78 is 6.59. The van der Waals surface area contributed by atoms with E-state index in [2.05, 4.69) is 78.9 Å². The van der Waals surface area contributed by atoms with Crippen LogP contribution in [0, 0.1) is 0 Å². The van der Waals surface area contributed by atoms with E-state index in [1.54, 1.807) is 0 Å². The quantitative estimate of drug-likeness (QED) is 0.647. The maximum Gasteiger partial charge on any atom is 0.159 e. The Hall–Kier alpha value is -2.54. The van der Waals surface area contributed by atoms with Crippen LogP contribution in [-0.4, -0.2) is 0 Å². The van der Waals surface area contributed by atoms with E-state index in [0.717, 1.165) is 18.6 Å². The summed E-state index contributed by atoms with van der Waals surface area (Å²) in [5.74, 6) is 1.00.